The number of aromatic nitrogens is 1. The predicted octanol–water partition coefficient (Wildman–Crippen LogP) is 3.58. The highest BCUT2D eigenvalue weighted by molar-refractivity contribution is 7.24. The molecule has 0 aliphatic rings. The Bertz CT molecular complexity index is 1240. The van der Waals surface area contributed by atoms with Gasteiger partial charge in [-0.25, -0.2) is 9.59 Å². The van der Waals surface area contributed by atoms with E-state index in [4.69, 9.17) is 13.6 Å². The third-order valence-electron chi connectivity index (χ3n) is 3.53. The van der Waals surface area contributed by atoms with E-state index in [0.717, 1.165) is 21.0 Å². The molecule has 0 saturated carbocycles. The second kappa shape index (κ2) is 5.54. The maximum absolute atomic E-state index is 12.2. The largest absolute Gasteiger partial charge is 0.490 e. The summed E-state index contributed by atoms with van der Waals surface area (Å²) in [4.78, 5) is 27.3. The summed E-state index contributed by atoms with van der Waals surface area (Å²) in [6.07, 6.45) is 0. The summed E-state index contributed by atoms with van der Waals surface area (Å²) in [6.45, 7) is 0. The lowest BCUT2D eigenvalue weighted by molar-refractivity contribution is 0.382. The van der Waals surface area contributed by atoms with E-state index in [2.05, 4.69) is 4.98 Å². The molecule has 0 amide bonds. The Kier molecular flexibility index (Phi) is 3.35. The van der Waals surface area contributed by atoms with Gasteiger partial charge in [0.15, 0.2) is 11.2 Å². The number of hydrogen-bond donors (Lipinski definition) is 1. The van der Waals surface area contributed by atoms with Gasteiger partial charge >= 0.3 is 11.3 Å². The highest BCUT2D eigenvalue weighted by atomic mass is 32.1. The van der Waals surface area contributed by atoms with Gasteiger partial charge in [-0.15, -0.1) is 11.3 Å². The van der Waals surface area contributed by atoms with Gasteiger partial charge in [0.2, 0.25) is 5.75 Å². The number of rotatable bonds is 1. The summed E-state index contributed by atoms with van der Waals surface area (Å²) in [5.74, 6) is -0.216. The molecule has 6 nitrogen and oxygen atoms in total. The number of hydrogen-bond acceptors (Lipinski definition) is 6. The fraction of sp³-hybridized carbons (Fsp3) is 0.0588. The van der Waals surface area contributed by atoms with Gasteiger partial charge in [0.1, 0.15) is 5.52 Å². The molecule has 120 valence electrons. The standard InChI is InChI=1S/C17H11NO5S/c1-21-11-8-14(19)22-10-6-7-13-15(16(10)23-17(11)20)18-9-4-2-3-5-12(9)24-13/h2-8,18H,1H3. The SMILES string of the molecule is COc1cc(=O)oc2ccc3sc4ccccc4[nH]c3c2oc1=O. The number of para-hydroxylation sites is 1. The van der Waals surface area contributed by atoms with Crippen molar-refractivity contribution in [2.45, 2.75) is 0 Å². The Hall–Kier alpha value is -3.06. The Morgan fingerprint density at radius 3 is 2.71 bits per heavy atom. The van der Waals surface area contributed by atoms with Gasteiger partial charge in [0.25, 0.3) is 0 Å². The molecule has 0 bridgehead atoms. The molecular formula is C17H11NO5S. The van der Waals surface area contributed by atoms with Gasteiger partial charge in [-0.3, -0.25) is 0 Å². The molecule has 4 aromatic rings. The average molecular weight is 341 g/mol. The van der Waals surface area contributed by atoms with Crippen LogP contribution in [0, 0.1) is 0 Å². The zero-order chi connectivity index (χ0) is 16.7. The first-order chi connectivity index (χ1) is 11.7. The van der Waals surface area contributed by atoms with Crippen molar-refractivity contribution in [3.05, 3.63) is 63.3 Å². The quantitative estimate of drug-likeness (QED) is 0.535. The first-order valence-corrected chi connectivity index (χ1v) is 7.88. The van der Waals surface area contributed by atoms with Gasteiger partial charge in [-0.1, -0.05) is 12.1 Å². The Labute approximate surface area is 138 Å². The lowest BCUT2D eigenvalue weighted by atomic mass is 10.3. The minimum atomic E-state index is -0.755. The highest BCUT2D eigenvalue weighted by Crippen LogP contribution is 2.29. The first kappa shape index (κ1) is 14.5. The molecule has 0 fully saturated rings. The number of nitrogens with one attached hydrogen (secondary N) is 1. The minimum Gasteiger partial charge on any atom is -0.490 e. The zero-order valence-corrected chi connectivity index (χ0v) is 13.3. The van der Waals surface area contributed by atoms with Crippen molar-refractivity contribution in [3.8, 4) is 5.75 Å². The molecule has 0 unspecified atom stereocenters. The van der Waals surface area contributed by atoms with Crippen LogP contribution in [-0.2, 0) is 0 Å². The molecule has 0 spiro atoms. The predicted molar refractivity (Wildman–Crippen MR) is 92.4 cm³/mol. The maximum Gasteiger partial charge on any atom is 0.379 e. The Morgan fingerprint density at radius 1 is 1.04 bits per heavy atom. The van der Waals surface area contributed by atoms with Crippen LogP contribution in [0.4, 0.5) is 0 Å². The van der Waals surface area contributed by atoms with Crippen LogP contribution in [0.2, 0.25) is 0 Å². The molecule has 0 radical (unpaired) electrons. The lowest BCUT2D eigenvalue weighted by Gasteiger charge is -2.04. The molecule has 7 heteroatoms. The lowest BCUT2D eigenvalue weighted by Crippen LogP contribution is -2.06. The summed E-state index contributed by atoms with van der Waals surface area (Å²) in [5, 5.41) is 0. The van der Waals surface area contributed by atoms with Crippen LogP contribution >= 0.6 is 11.3 Å². The zero-order valence-electron chi connectivity index (χ0n) is 12.5. The fourth-order valence-corrected chi connectivity index (χ4v) is 3.43. The Balaban J connectivity index is 2.26. The number of H-pyrrole nitrogens is 1. The van der Waals surface area contributed by atoms with Crippen LogP contribution in [-0.4, -0.2) is 12.1 Å². The second-order valence-electron chi connectivity index (χ2n) is 5.01. The molecule has 0 saturated heterocycles. The molecule has 1 N–H and O–H groups in total. The van der Waals surface area contributed by atoms with Gasteiger partial charge in [-0.2, -0.15) is 0 Å². The summed E-state index contributed by atoms with van der Waals surface area (Å²) < 4.78 is 17.5. The van der Waals surface area contributed by atoms with Crippen LogP contribution in [0.1, 0.15) is 0 Å². The normalized spacial score (nSPS) is 11.0. The molecule has 0 aliphatic carbocycles. The van der Waals surface area contributed by atoms with E-state index in [0.29, 0.717) is 5.52 Å². The average Bonchev–Trinajstić information content (AvgIpc) is 2.58. The smallest absolute Gasteiger partial charge is 0.379 e. The third-order valence-corrected chi connectivity index (χ3v) is 4.66. The minimum absolute atomic E-state index is 0.163. The van der Waals surface area contributed by atoms with E-state index in [-0.39, 0.29) is 16.9 Å². The van der Waals surface area contributed by atoms with Crippen molar-refractivity contribution >= 4 is 42.9 Å². The van der Waals surface area contributed by atoms with Crippen molar-refractivity contribution in [1.82, 2.24) is 4.98 Å². The molecule has 0 aliphatic heterocycles. The van der Waals surface area contributed by atoms with E-state index in [9.17, 15) is 9.59 Å². The van der Waals surface area contributed by atoms with Crippen molar-refractivity contribution in [1.29, 1.82) is 0 Å². The second-order valence-corrected chi connectivity index (χ2v) is 6.10. The maximum atomic E-state index is 12.2. The van der Waals surface area contributed by atoms with Crippen molar-refractivity contribution in [3.63, 3.8) is 0 Å². The van der Waals surface area contributed by atoms with Crippen LogP contribution in [0.5, 0.6) is 5.75 Å². The molecule has 24 heavy (non-hydrogen) atoms. The van der Waals surface area contributed by atoms with Crippen LogP contribution in [0.3, 0.4) is 0 Å². The van der Waals surface area contributed by atoms with E-state index in [1.54, 1.807) is 6.07 Å². The number of aromatic amines is 1. The number of fused-ring (bicyclic) bond motifs is 4. The number of benzene rings is 2. The number of ether oxygens (including phenoxy) is 1. The van der Waals surface area contributed by atoms with E-state index in [1.807, 2.05) is 30.3 Å². The van der Waals surface area contributed by atoms with Crippen molar-refractivity contribution in [2.75, 3.05) is 7.11 Å². The molecule has 2 aromatic heterocycles. The van der Waals surface area contributed by atoms with Crippen molar-refractivity contribution in [2.24, 2.45) is 0 Å². The fourth-order valence-electron chi connectivity index (χ4n) is 2.43. The van der Waals surface area contributed by atoms with Gasteiger partial charge in [-0.05, 0) is 24.3 Å². The molecule has 0 atom stereocenters. The number of methoxy groups -OCH3 is 1. The first-order valence-electron chi connectivity index (χ1n) is 7.06. The molecule has 2 aromatic carbocycles. The van der Waals surface area contributed by atoms with Gasteiger partial charge < -0.3 is 18.6 Å². The van der Waals surface area contributed by atoms with Crippen LogP contribution in [0.25, 0.3) is 31.6 Å². The van der Waals surface area contributed by atoms with Gasteiger partial charge in [0.05, 0.1) is 28.1 Å². The summed E-state index contributed by atoms with van der Waals surface area (Å²) in [5.41, 5.74) is 0.342. The van der Waals surface area contributed by atoms with Crippen molar-refractivity contribution < 1.29 is 13.6 Å². The molecular weight excluding hydrogens is 330 g/mol. The summed E-state index contributed by atoms with van der Waals surface area (Å²) in [7, 11) is 1.29. The summed E-state index contributed by atoms with van der Waals surface area (Å²) >= 11 is 1.54. The monoisotopic (exact) mass is 341 g/mol. The van der Waals surface area contributed by atoms with Crippen LogP contribution < -0.4 is 16.0 Å². The van der Waals surface area contributed by atoms with E-state index in [1.165, 1.54) is 18.4 Å². The summed E-state index contributed by atoms with van der Waals surface area (Å²) in [6, 6.07) is 12.1. The topological polar surface area (TPSA) is 85.4 Å². The molecule has 2 heterocycles. The van der Waals surface area contributed by atoms with E-state index < -0.39 is 11.3 Å². The molecule has 4 rings (SSSR count). The van der Waals surface area contributed by atoms with Crippen LogP contribution in [0.15, 0.2) is 60.9 Å². The van der Waals surface area contributed by atoms with Gasteiger partial charge in [0, 0.05) is 0 Å². The Morgan fingerprint density at radius 2 is 1.88 bits per heavy atom. The highest BCUT2D eigenvalue weighted by Gasteiger charge is 2.09. The third kappa shape index (κ3) is 2.35. The van der Waals surface area contributed by atoms with E-state index >= 15 is 0 Å².